The van der Waals surface area contributed by atoms with Gasteiger partial charge in [0, 0.05) is 24.3 Å². The molecule has 2 aromatic heterocycles. The van der Waals surface area contributed by atoms with Crippen molar-refractivity contribution in [2.24, 2.45) is 0 Å². The topological polar surface area (TPSA) is 199 Å². The number of hydrogen-bond acceptors (Lipinski definition) is 13. The number of fused-ring (bicyclic) bond motifs is 1. The van der Waals surface area contributed by atoms with Crippen molar-refractivity contribution in [2.75, 3.05) is 33.1 Å². The van der Waals surface area contributed by atoms with Crippen LogP contribution >= 0.6 is 0 Å². The molecule has 3 heterocycles. The third-order valence-electron chi connectivity index (χ3n) is 11.7. The summed E-state index contributed by atoms with van der Waals surface area (Å²) in [6.07, 6.45) is -9.69. The van der Waals surface area contributed by atoms with Gasteiger partial charge in [-0.1, -0.05) is 115 Å². The van der Waals surface area contributed by atoms with Crippen molar-refractivity contribution in [3.05, 3.63) is 180 Å². The van der Waals surface area contributed by atoms with Gasteiger partial charge in [-0.2, -0.15) is 13.2 Å². The fraction of sp³-hybridized carbons (Fsp3) is 0.240. The zero-order chi connectivity index (χ0) is 48.1. The number of Topliss-reactive ketones (excluding diaryl/α,β-unsaturated/α-hetero) is 2. The van der Waals surface area contributed by atoms with Gasteiger partial charge in [0.2, 0.25) is 17.2 Å². The Kier molecular flexibility index (Phi) is 13.7. The first kappa shape index (κ1) is 47.0. The Bertz CT molecular complexity index is 2750. The maximum atomic E-state index is 16.2. The number of aliphatic hydroxyl groups excluding tert-OH is 1. The number of aromatic nitrogens is 4. The fourth-order valence-corrected chi connectivity index (χ4v) is 8.40. The maximum absolute atomic E-state index is 16.2. The lowest BCUT2D eigenvalue weighted by Gasteiger charge is -2.46. The lowest BCUT2D eigenvalue weighted by Crippen LogP contribution is -2.64. The van der Waals surface area contributed by atoms with E-state index in [1.54, 1.807) is 121 Å². The first-order valence-corrected chi connectivity index (χ1v) is 21.3. The van der Waals surface area contributed by atoms with Crippen molar-refractivity contribution >= 4 is 34.5 Å². The van der Waals surface area contributed by atoms with Crippen molar-refractivity contribution < 1.29 is 56.3 Å². The van der Waals surface area contributed by atoms with Crippen LogP contribution in [0.4, 0.5) is 19.0 Å². The van der Waals surface area contributed by atoms with E-state index in [1.165, 1.54) is 55.7 Å². The average Bonchev–Trinajstić information content (AvgIpc) is 3.95. The summed E-state index contributed by atoms with van der Waals surface area (Å²) in [5, 5.41) is 14.8. The van der Waals surface area contributed by atoms with Crippen LogP contribution in [0.3, 0.4) is 0 Å². The number of alkyl halides is 3. The Morgan fingerprint density at radius 1 is 0.735 bits per heavy atom. The SMILES string of the molecule is COc1ccc(C(OC(C(=O)c2ccccc2)(C(=O)c2ccccc2)[C@H]2O[C@@H](n3cnc4c(N)ncnc43)[C@H](OCCCNC(=O)C(F)(F)F)[C@@H]2O)(c2ccccc2)c2ccc(OC)cc2)cc1. The van der Waals surface area contributed by atoms with E-state index in [9.17, 15) is 23.1 Å². The number of nitrogens with one attached hydrogen (secondary N) is 1. The molecule has 7 aromatic rings. The lowest BCUT2D eigenvalue weighted by atomic mass is 9.74. The van der Waals surface area contributed by atoms with Gasteiger partial charge in [0.25, 0.3) is 0 Å². The van der Waals surface area contributed by atoms with Gasteiger partial charge in [0.1, 0.15) is 47.3 Å². The largest absolute Gasteiger partial charge is 0.497 e. The molecule has 0 aliphatic carbocycles. The minimum absolute atomic E-state index is 0.00420. The number of aliphatic hydroxyl groups is 1. The molecule has 4 N–H and O–H groups in total. The highest BCUT2D eigenvalue weighted by Gasteiger charge is 2.66. The summed E-state index contributed by atoms with van der Waals surface area (Å²) in [7, 11) is 3.02. The Morgan fingerprint density at radius 3 is 1.76 bits per heavy atom. The van der Waals surface area contributed by atoms with E-state index in [1.807, 2.05) is 0 Å². The van der Waals surface area contributed by atoms with Gasteiger partial charge >= 0.3 is 12.1 Å². The molecule has 68 heavy (non-hydrogen) atoms. The van der Waals surface area contributed by atoms with Crippen LogP contribution in [0.2, 0.25) is 0 Å². The van der Waals surface area contributed by atoms with E-state index < -0.39 is 65.9 Å². The second kappa shape index (κ2) is 19.8. The lowest BCUT2D eigenvalue weighted by molar-refractivity contribution is -0.173. The van der Waals surface area contributed by atoms with Gasteiger partial charge in [0.15, 0.2) is 17.7 Å². The van der Waals surface area contributed by atoms with Crippen LogP contribution in [0.5, 0.6) is 11.5 Å². The Labute approximate surface area is 387 Å². The second-order valence-corrected chi connectivity index (χ2v) is 15.7. The van der Waals surface area contributed by atoms with Crippen molar-refractivity contribution in [3.63, 3.8) is 0 Å². The van der Waals surface area contributed by atoms with Crippen molar-refractivity contribution in [1.29, 1.82) is 0 Å². The number of rotatable bonds is 18. The third kappa shape index (κ3) is 8.89. The van der Waals surface area contributed by atoms with Gasteiger partial charge < -0.3 is 39.8 Å². The van der Waals surface area contributed by atoms with E-state index >= 15 is 9.59 Å². The van der Waals surface area contributed by atoms with Crippen molar-refractivity contribution in [3.8, 4) is 11.5 Å². The molecule has 8 rings (SSSR count). The quantitative estimate of drug-likeness (QED) is 0.0358. The predicted molar refractivity (Wildman–Crippen MR) is 241 cm³/mol. The number of carbonyl (C=O) groups is 3. The van der Waals surface area contributed by atoms with Crippen LogP contribution in [0.15, 0.2) is 152 Å². The molecule has 0 bridgehead atoms. The number of nitrogens with two attached hydrogens (primary N) is 1. The monoisotopic (exact) mass is 930 g/mol. The molecule has 4 atom stereocenters. The summed E-state index contributed by atoms with van der Waals surface area (Å²) in [6.45, 7) is -0.807. The van der Waals surface area contributed by atoms with Crippen molar-refractivity contribution in [2.45, 2.75) is 48.3 Å². The maximum Gasteiger partial charge on any atom is 0.471 e. The molecule has 0 saturated carbocycles. The molecule has 0 unspecified atom stereocenters. The number of benzene rings is 5. The number of methoxy groups -OCH3 is 2. The van der Waals surface area contributed by atoms with Crippen LogP contribution < -0.4 is 20.5 Å². The summed E-state index contributed by atoms with van der Waals surface area (Å²) >= 11 is 0. The van der Waals surface area contributed by atoms with Gasteiger partial charge in [-0.15, -0.1) is 0 Å². The summed E-state index contributed by atoms with van der Waals surface area (Å²) in [6, 6.07) is 38.5. The van der Waals surface area contributed by atoms with Crippen LogP contribution in [0, 0.1) is 0 Å². The van der Waals surface area contributed by atoms with E-state index in [0.29, 0.717) is 28.2 Å². The molecule has 1 saturated heterocycles. The molecule has 0 radical (unpaired) electrons. The molecule has 1 aliphatic rings. The molecular formula is C50H45F3N6O9. The summed E-state index contributed by atoms with van der Waals surface area (Å²) < 4.78 is 72.6. The Morgan fingerprint density at radius 2 is 1.25 bits per heavy atom. The van der Waals surface area contributed by atoms with E-state index in [2.05, 4.69) is 15.0 Å². The number of ketones is 2. The molecule has 1 aliphatic heterocycles. The van der Waals surface area contributed by atoms with Gasteiger partial charge in [-0.3, -0.25) is 19.0 Å². The molecule has 5 aromatic carbocycles. The van der Waals surface area contributed by atoms with E-state index in [-0.39, 0.29) is 41.1 Å². The number of anilines is 1. The molecule has 1 fully saturated rings. The van der Waals surface area contributed by atoms with Crippen LogP contribution in [-0.4, -0.2) is 99.6 Å². The van der Waals surface area contributed by atoms with E-state index in [4.69, 9.17) is 29.4 Å². The first-order chi connectivity index (χ1) is 32.8. The zero-order valence-electron chi connectivity index (χ0n) is 36.6. The molecule has 350 valence electrons. The highest BCUT2D eigenvalue weighted by molar-refractivity contribution is 6.23. The van der Waals surface area contributed by atoms with Crippen LogP contribution in [0.25, 0.3) is 11.2 Å². The van der Waals surface area contributed by atoms with Crippen molar-refractivity contribution in [1.82, 2.24) is 24.8 Å². The molecule has 0 spiro atoms. The zero-order valence-corrected chi connectivity index (χ0v) is 36.6. The minimum Gasteiger partial charge on any atom is -0.497 e. The van der Waals surface area contributed by atoms with Gasteiger partial charge in [0.05, 0.1) is 20.5 Å². The Balaban J connectivity index is 1.39. The number of imidazole rings is 1. The number of carbonyl (C=O) groups excluding carboxylic acids is 3. The predicted octanol–water partition coefficient (Wildman–Crippen LogP) is 6.65. The molecule has 1 amide bonds. The molecular weight excluding hydrogens is 886 g/mol. The normalized spacial score (nSPS) is 17.4. The average molecular weight is 931 g/mol. The standard InChI is InChI=1S/C50H45F3N6O9/c1-64-36-23-19-34(20-24-36)48(33-17-10-5-11-18-33,35-21-25-37(65-2)26-22-35)68-49(41(61)31-13-6-3-7-14-31,42(62)32-15-8-4-9-16-32)43-39(60)40(66-28-12-27-55-47(63)50(51,52)53)46(67-43)59-30-58-38-44(54)56-29-57-45(38)59/h3-11,13-26,29-30,39-40,43,46,60H,12,27-28H2,1-2H3,(H,55,63)(H2,54,56,57)/t39-,40+,43-,46+/m0/s1. The Hall–Kier alpha value is -7.51. The molecule has 15 nitrogen and oxygen atoms in total. The summed E-state index contributed by atoms with van der Waals surface area (Å²) in [5.41, 5.74) is 2.99. The second-order valence-electron chi connectivity index (χ2n) is 15.7. The number of amides is 1. The number of nitrogens with zero attached hydrogens (tertiary/aromatic N) is 4. The highest BCUT2D eigenvalue weighted by Crippen LogP contribution is 2.50. The van der Waals surface area contributed by atoms with Crippen LogP contribution in [-0.2, 0) is 24.6 Å². The minimum atomic E-state index is -5.12. The summed E-state index contributed by atoms with van der Waals surface area (Å²) in [5.74, 6) is -2.97. The first-order valence-electron chi connectivity index (χ1n) is 21.3. The smallest absolute Gasteiger partial charge is 0.471 e. The number of hydrogen-bond donors (Lipinski definition) is 3. The number of ether oxygens (including phenoxy) is 5. The number of nitrogen functional groups attached to an aromatic ring is 1. The number of halogens is 3. The van der Waals surface area contributed by atoms with Gasteiger partial charge in [-0.25, -0.2) is 15.0 Å². The fourth-order valence-electron chi connectivity index (χ4n) is 8.40. The highest BCUT2D eigenvalue weighted by atomic mass is 19.4. The summed E-state index contributed by atoms with van der Waals surface area (Å²) in [4.78, 5) is 56.8. The van der Waals surface area contributed by atoms with Crippen LogP contribution in [0.1, 0.15) is 50.1 Å². The third-order valence-corrected chi connectivity index (χ3v) is 11.7. The van der Waals surface area contributed by atoms with Gasteiger partial charge in [-0.05, 0) is 47.4 Å². The van der Waals surface area contributed by atoms with E-state index in [0.717, 1.165) is 0 Å². The molecule has 18 heteroatoms.